The Labute approximate surface area is 62.2 Å². The van der Waals surface area contributed by atoms with E-state index in [1.807, 2.05) is 0 Å². The zero-order valence-corrected chi connectivity index (χ0v) is 6.60. The fraction of sp³-hybridized carbons (Fsp3) is 1.00. The lowest BCUT2D eigenvalue weighted by molar-refractivity contribution is -0.00970. The summed E-state index contributed by atoms with van der Waals surface area (Å²) in [4.78, 5) is 0. The van der Waals surface area contributed by atoms with Gasteiger partial charge < -0.3 is 9.84 Å². The van der Waals surface area contributed by atoms with Gasteiger partial charge in [-0.3, -0.25) is 0 Å². The summed E-state index contributed by atoms with van der Waals surface area (Å²) in [5.41, 5.74) is 0.257. The Morgan fingerprint density at radius 2 is 2.40 bits per heavy atom. The van der Waals surface area contributed by atoms with Gasteiger partial charge in [-0.25, -0.2) is 0 Å². The van der Waals surface area contributed by atoms with E-state index in [0.717, 1.165) is 26.1 Å². The predicted octanol–water partition coefficient (Wildman–Crippen LogP) is 1.19. The number of rotatable bonds is 2. The SMILES string of the molecule is C[C@]1(CCO)CCCOC1. The number of hydrogen-bond donors (Lipinski definition) is 1. The molecule has 1 aliphatic rings. The molecular formula is C8H16O2. The monoisotopic (exact) mass is 144 g/mol. The van der Waals surface area contributed by atoms with E-state index in [1.54, 1.807) is 0 Å². The second-order valence-corrected chi connectivity index (χ2v) is 3.44. The van der Waals surface area contributed by atoms with Crippen molar-refractivity contribution in [2.75, 3.05) is 19.8 Å². The highest BCUT2D eigenvalue weighted by atomic mass is 16.5. The van der Waals surface area contributed by atoms with Crippen LogP contribution in [0.5, 0.6) is 0 Å². The number of aliphatic hydroxyl groups excluding tert-OH is 1. The van der Waals surface area contributed by atoms with Gasteiger partial charge in [-0.15, -0.1) is 0 Å². The van der Waals surface area contributed by atoms with Gasteiger partial charge in [-0.2, -0.15) is 0 Å². The van der Waals surface area contributed by atoms with Crippen LogP contribution in [0.2, 0.25) is 0 Å². The fourth-order valence-electron chi connectivity index (χ4n) is 1.46. The standard InChI is InChI=1S/C8H16O2/c1-8(4-5-9)3-2-6-10-7-8/h9H,2-7H2,1H3/t8-/m1/s1. The first-order chi connectivity index (χ1) is 4.77. The minimum Gasteiger partial charge on any atom is -0.396 e. The minimum absolute atomic E-state index is 0.257. The van der Waals surface area contributed by atoms with Crippen LogP contribution in [0, 0.1) is 5.41 Å². The van der Waals surface area contributed by atoms with Gasteiger partial charge in [0.05, 0.1) is 6.61 Å². The van der Waals surface area contributed by atoms with E-state index in [9.17, 15) is 0 Å². The molecule has 1 N–H and O–H groups in total. The fourth-order valence-corrected chi connectivity index (χ4v) is 1.46. The van der Waals surface area contributed by atoms with Crippen LogP contribution in [0.1, 0.15) is 26.2 Å². The molecule has 0 saturated carbocycles. The van der Waals surface area contributed by atoms with Crippen LogP contribution in [0.3, 0.4) is 0 Å². The zero-order valence-electron chi connectivity index (χ0n) is 6.60. The summed E-state index contributed by atoms with van der Waals surface area (Å²) in [6.07, 6.45) is 3.23. The third kappa shape index (κ3) is 1.96. The van der Waals surface area contributed by atoms with Crippen LogP contribution in [-0.4, -0.2) is 24.9 Å². The molecule has 0 aromatic rings. The Hall–Kier alpha value is -0.0800. The molecule has 60 valence electrons. The molecule has 0 aliphatic carbocycles. The molecule has 0 aromatic carbocycles. The molecule has 0 spiro atoms. The molecule has 0 radical (unpaired) electrons. The first kappa shape index (κ1) is 8.02. The molecule has 1 saturated heterocycles. The Kier molecular flexibility index (Phi) is 2.69. The van der Waals surface area contributed by atoms with E-state index >= 15 is 0 Å². The molecule has 2 nitrogen and oxygen atoms in total. The van der Waals surface area contributed by atoms with Crippen molar-refractivity contribution in [2.45, 2.75) is 26.2 Å². The van der Waals surface area contributed by atoms with E-state index in [1.165, 1.54) is 6.42 Å². The molecule has 0 unspecified atom stereocenters. The maximum absolute atomic E-state index is 8.73. The first-order valence-corrected chi connectivity index (χ1v) is 3.95. The third-order valence-corrected chi connectivity index (χ3v) is 2.23. The molecule has 10 heavy (non-hydrogen) atoms. The highest BCUT2D eigenvalue weighted by Crippen LogP contribution is 2.30. The van der Waals surface area contributed by atoms with Crippen molar-refractivity contribution in [3.63, 3.8) is 0 Å². The van der Waals surface area contributed by atoms with Crippen molar-refractivity contribution in [3.8, 4) is 0 Å². The van der Waals surface area contributed by atoms with Crippen molar-refractivity contribution < 1.29 is 9.84 Å². The van der Waals surface area contributed by atoms with Crippen LogP contribution in [0.15, 0.2) is 0 Å². The number of aliphatic hydroxyl groups is 1. The lowest BCUT2D eigenvalue weighted by Crippen LogP contribution is -2.29. The molecular weight excluding hydrogens is 128 g/mol. The van der Waals surface area contributed by atoms with E-state index in [-0.39, 0.29) is 5.41 Å². The average molecular weight is 144 g/mol. The van der Waals surface area contributed by atoms with Crippen molar-refractivity contribution in [3.05, 3.63) is 0 Å². The minimum atomic E-state index is 0.257. The smallest absolute Gasteiger partial charge is 0.0520 e. The summed E-state index contributed by atoms with van der Waals surface area (Å²) < 4.78 is 5.33. The summed E-state index contributed by atoms with van der Waals surface area (Å²) in [6, 6.07) is 0. The van der Waals surface area contributed by atoms with Crippen molar-refractivity contribution in [1.29, 1.82) is 0 Å². The van der Waals surface area contributed by atoms with Crippen LogP contribution in [0.25, 0.3) is 0 Å². The quantitative estimate of drug-likeness (QED) is 0.630. The van der Waals surface area contributed by atoms with Gasteiger partial charge in [0, 0.05) is 13.2 Å². The van der Waals surface area contributed by atoms with Gasteiger partial charge in [0.2, 0.25) is 0 Å². The van der Waals surface area contributed by atoms with Gasteiger partial charge in [0.25, 0.3) is 0 Å². The molecule has 0 bridgehead atoms. The third-order valence-electron chi connectivity index (χ3n) is 2.23. The molecule has 2 heteroatoms. The largest absolute Gasteiger partial charge is 0.396 e. The molecule has 1 atom stereocenters. The topological polar surface area (TPSA) is 29.5 Å². The molecule has 1 rings (SSSR count). The first-order valence-electron chi connectivity index (χ1n) is 3.95. The lowest BCUT2D eigenvalue weighted by Gasteiger charge is -2.32. The zero-order chi connectivity index (χ0) is 7.45. The van der Waals surface area contributed by atoms with Gasteiger partial charge in [-0.1, -0.05) is 6.92 Å². The van der Waals surface area contributed by atoms with Gasteiger partial charge in [0.1, 0.15) is 0 Å². The maximum atomic E-state index is 8.73. The Morgan fingerprint density at radius 3 is 2.90 bits per heavy atom. The Balaban J connectivity index is 2.32. The van der Waals surface area contributed by atoms with Gasteiger partial charge >= 0.3 is 0 Å². The molecule has 1 heterocycles. The van der Waals surface area contributed by atoms with Crippen LogP contribution in [-0.2, 0) is 4.74 Å². The second kappa shape index (κ2) is 3.35. The maximum Gasteiger partial charge on any atom is 0.0520 e. The highest BCUT2D eigenvalue weighted by Gasteiger charge is 2.26. The van der Waals surface area contributed by atoms with Crippen LogP contribution >= 0.6 is 0 Å². The predicted molar refractivity (Wildman–Crippen MR) is 39.9 cm³/mol. The summed E-state index contributed by atoms with van der Waals surface area (Å²) >= 11 is 0. The Morgan fingerprint density at radius 1 is 1.60 bits per heavy atom. The van der Waals surface area contributed by atoms with Crippen molar-refractivity contribution in [1.82, 2.24) is 0 Å². The van der Waals surface area contributed by atoms with Gasteiger partial charge in [0.15, 0.2) is 0 Å². The molecule has 1 aliphatic heterocycles. The van der Waals surface area contributed by atoms with E-state index in [0.29, 0.717) is 6.61 Å². The highest BCUT2D eigenvalue weighted by molar-refractivity contribution is 4.76. The van der Waals surface area contributed by atoms with Crippen LogP contribution in [0.4, 0.5) is 0 Å². The summed E-state index contributed by atoms with van der Waals surface area (Å²) in [5, 5.41) is 8.73. The Bertz CT molecular complexity index is 89.9. The van der Waals surface area contributed by atoms with Gasteiger partial charge in [-0.05, 0) is 24.7 Å². The molecule has 0 aromatic heterocycles. The summed E-state index contributed by atoms with van der Waals surface area (Å²) in [7, 11) is 0. The summed E-state index contributed by atoms with van der Waals surface area (Å²) in [5.74, 6) is 0. The van der Waals surface area contributed by atoms with Crippen molar-refractivity contribution >= 4 is 0 Å². The summed E-state index contributed by atoms with van der Waals surface area (Å²) in [6.45, 7) is 4.21. The van der Waals surface area contributed by atoms with E-state index in [4.69, 9.17) is 9.84 Å². The molecule has 1 fully saturated rings. The van der Waals surface area contributed by atoms with E-state index < -0.39 is 0 Å². The normalized spacial score (nSPS) is 34.2. The molecule has 0 amide bonds. The second-order valence-electron chi connectivity index (χ2n) is 3.44. The van der Waals surface area contributed by atoms with Crippen LogP contribution < -0.4 is 0 Å². The number of hydrogen-bond acceptors (Lipinski definition) is 2. The average Bonchev–Trinajstić information content (AvgIpc) is 1.89. The lowest BCUT2D eigenvalue weighted by atomic mass is 9.82. The number of ether oxygens (including phenoxy) is 1. The van der Waals surface area contributed by atoms with Crippen molar-refractivity contribution in [2.24, 2.45) is 5.41 Å². The van der Waals surface area contributed by atoms with E-state index in [2.05, 4.69) is 6.92 Å².